The molecule has 1 fully saturated rings. The lowest BCUT2D eigenvalue weighted by molar-refractivity contribution is -0.139. The molecule has 1 aromatic heterocycles. The van der Waals surface area contributed by atoms with E-state index in [1.807, 2.05) is 19.1 Å². The minimum atomic E-state index is -0.197. The summed E-state index contributed by atoms with van der Waals surface area (Å²) >= 11 is 0. The molecule has 2 aliphatic heterocycles. The molecule has 3 heterocycles. The minimum Gasteiger partial charge on any atom is -0.454 e. The van der Waals surface area contributed by atoms with Gasteiger partial charge in [0.05, 0.1) is 12.0 Å². The van der Waals surface area contributed by atoms with Crippen LogP contribution in [0, 0.1) is 6.92 Å². The molecule has 0 radical (unpaired) electrons. The van der Waals surface area contributed by atoms with Crippen molar-refractivity contribution < 1.29 is 19.1 Å². The van der Waals surface area contributed by atoms with Gasteiger partial charge in [-0.25, -0.2) is 5.01 Å². The molecule has 2 amide bonds. The van der Waals surface area contributed by atoms with E-state index >= 15 is 0 Å². The fraction of sp³-hybridized carbons (Fsp3) is 0.316. The van der Waals surface area contributed by atoms with Crippen LogP contribution in [-0.2, 0) is 11.2 Å². The summed E-state index contributed by atoms with van der Waals surface area (Å²) in [5, 5.41) is 3.06. The Morgan fingerprint density at radius 1 is 1.08 bits per heavy atom. The lowest BCUT2D eigenvalue weighted by atomic mass is 10.1. The molecular weight excluding hydrogens is 334 g/mol. The quantitative estimate of drug-likeness (QED) is 0.843. The first kappa shape index (κ1) is 16.4. The number of aryl methyl sites for hydroxylation is 1. The minimum absolute atomic E-state index is 0.115. The summed E-state index contributed by atoms with van der Waals surface area (Å²) < 4.78 is 10.6. The van der Waals surface area contributed by atoms with Gasteiger partial charge in [-0.15, -0.1) is 0 Å². The highest BCUT2D eigenvalue weighted by molar-refractivity contribution is 5.95. The van der Waals surface area contributed by atoms with Gasteiger partial charge in [0, 0.05) is 25.5 Å². The molecule has 26 heavy (non-hydrogen) atoms. The van der Waals surface area contributed by atoms with Crippen LogP contribution < -0.4 is 9.47 Å². The van der Waals surface area contributed by atoms with Crippen LogP contribution in [0.5, 0.6) is 11.5 Å². The number of hydrazine groups is 1. The molecule has 0 bridgehead atoms. The molecule has 1 saturated heterocycles. The van der Waals surface area contributed by atoms with E-state index < -0.39 is 0 Å². The Kier molecular flexibility index (Phi) is 4.20. The maximum absolute atomic E-state index is 12.8. The zero-order valence-corrected chi connectivity index (χ0v) is 14.5. The number of rotatable bonds is 3. The van der Waals surface area contributed by atoms with Gasteiger partial charge in [0.2, 0.25) is 12.7 Å². The zero-order valence-electron chi connectivity index (χ0n) is 14.5. The number of fused-ring (bicyclic) bond motifs is 1. The second-order valence-electron chi connectivity index (χ2n) is 6.41. The smallest absolute Gasteiger partial charge is 0.274 e. The van der Waals surface area contributed by atoms with Crippen molar-refractivity contribution in [1.29, 1.82) is 0 Å². The van der Waals surface area contributed by atoms with E-state index in [0.29, 0.717) is 30.2 Å². The predicted molar refractivity (Wildman–Crippen MR) is 92.6 cm³/mol. The standard InChI is InChI=1S/C19H19N3O4/c1-13-7-15(11-20-10-13)19(24)22-6-2-5-21(22)18(23)9-14-3-4-16-17(8-14)26-12-25-16/h3-4,7-8,10-11H,2,5-6,9,12H2,1H3. The van der Waals surface area contributed by atoms with Crippen LogP contribution in [-0.4, -0.2) is 46.7 Å². The van der Waals surface area contributed by atoms with E-state index in [-0.39, 0.29) is 25.0 Å². The highest BCUT2D eigenvalue weighted by atomic mass is 16.7. The van der Waals surface area contributed by atoms with Crippen LogP contribution in [0.2, 0.25) is 0 Å². The summed E-state index contributed by atoms with van der Waals surface area (Å²) in [5.74, 6) is 1.02. The highest BCUT2D eigenvalue weighted by Gasteiger charge is 2.31. The number of carbonyl (C=O) groups excluding carboxylic acids is 2. The zero-order chi connectivity index (χ0) is 18.1. The van der Waals surface area contributed by atoms with Crippen molar-refractivity contribution in [2.75, 3.05) is 19.9 Å². The van der Waals surface area contributed by atoms with Crippen molar-refractivity contribution in [2.45, 2.75) is 19.8 Å². The summed E-state index contributed by atoms with van der Waals surface area (Å²) in [5.41, 5.74) is 2.23. The first-order valence-electron chi connectivity index (χ1n) is 8.54. The van der Waals surface area contributed by atoms with Crippen molar-refractivity contribution in [2.24, 2.45) is 0 Å². The summed E-state index contributed by atoms with van der Waals surface area (Å²) in [6, 6.07) is 7.25. The van der Waals surface area contributed by atoms with E-state index in [1.165, 1.54) is 16.2 Å². The molecule has 0 aliphatic carbocycles. The molecule has 0 N–H and O–H groups in total. The third-order valence-electron chi connectivity index (χ3n) is 4.47. The van der Waals surface area contributed by atoms with Crippen LogP contribution in [0.15, 0.2) is 36.7 Å². The van der Waals surface area contributed by atoms with Gasteiger partial charge in [0.15, 0.2) is 11.5 Å². The Balaban J connectivity index is 1.49. The molecule has 0 unspecified atom stereocenters. The molecule has 0 atom stereocenters. The molecule has 4 rings (SSSR count). The third kappa shape index (κ3) is 3.08. The number of carbonyl (C=O) groups is 2. The van der Waals surface area contributed by atoms with Crippen LogP contribution in [0.1, 0.15) is 27.9 Å². The Morgan fingerprint density at radius 2 is 1.88 bits per heavy atom. The molecule has 7 heteroatoms. The number of hydrogen-bond acceptors (Lipinski definition) is 5. The molecule has 2 aromatic rings. The SMILES string of the molecule is Cc1cncc(C(=O)N2CCCN2C(=O)Cc2ccc3c(c2)OCO3)c1. The Morgan fingerprint density at radius 3 is 2.73 bits per heavy atom. The Hall–Kier alpha value is -3.09. The number of nitrogens with zero attached hydrogens (tertiary/aromatic N) is 3. The average molecular weight is 353 g/mol. The van der Waals surface area contributed by atoms with Gasteiger partial charge in [-0.2, -0.15) is 0 Å². The van der Waals surface area contributed by atoms with Gasteiger partial charge < -0.3 is 9.47 Å². The van der Waals surface area contributed by atoms with E-state index in [4.69, 9.17) is 9.47 Å². The van der Waals surface area contributed by atoms with Gasteiger partial charge >= 0.3 is 0 Å². The largest absolute Gasteiger partial charge is 0.454 e. The van der Waals surface area contributed by atoms with Crippen LogP contribution >= 0.6 is 0 Å². The molecule has 0 spiro atoms. The van der Waals surface area contributed by atoms with Crippen LogP contribution in [0.25, 0.3) is 0 Å². The molecule has 7 nitrogen and oxygen atoms in total. The second-order valence-corrected chi connectivity index (χ2v) is 6.41. The number of ether oxygens (including phenoxy) is 2. The number of aromatic nitrogens is 1. The maximum Gasteiger partial charge on any atom is 0.274 e. The maximum atomic E-state index is 12.8. The summed E-state index contributed by atoms with van der Waals surface area (Å²) in [6.07, 6.45) is 4.20. The number of pyridine rings is 1. The van der Waals surface area contributed by atoms with Crippen LogP contribution in [0.3, 0.4) is 0 Å². The third-order valence-corrected chi connectivity index (χ3v) is 4.47. The average Bonchev–Trinajstić information content (AvgIpc) is 3.30. The Bertz CT molecular complexity index is 868. The summed E-state index contributed by atoms with van der Waals surface area (Å²) in [6.45, 7) is 3.15. The van der Waals surface area contributed by atoms with Crippen molar-refractivity contribution in [3.63, 3.8) is 0 Å². The highest BCUT2D eigenvalue weighted by Crippen LogP contribution is 2.32. The summed E-state index contributed by atoms with van der Waals surface area (Å²) in [4.78, 5) is 29.6. The molecule has 134 valence electrons. The van der Waals surface area contributed by atoms with Gasteiger partial charge in [-0.1, -0.05) is 6.07 Å². The van der Waals surface area contributed by atoms with E-state index in [2.05, 4.69) is 4.98 Å². The Labute approximate surface area is 151 Å². The lowest BCUT2D eigenvalue weighted by Crippen LogP contribution is -2.45. The van der Waals surface area contributed by atoms with Gasteiger partial charge in [-0.3, -0.25) is 19.6 Å². The fourth-order valence-corrected chi connectivity index (χ4v) is 3.22. The molecular formula is C19H19N3O4. The lowest BCUT2D eigenvalue weighted by Gasteiger charge is -2.28. The van der Waals surface area contributed by atoms with Crippen molar-refractivity contribution in [3.05, 3.63) is 53.3 Å². The van der Waals surface area contributed by atoms with E-state index in [1.54, 1.807) is 18.3 Å². The normalized spacial score (nSPS) is 15.4. The number of benzene rings is 1. The van der Waals surface area contributed by atoms with E-state index in [9.17, 15) is 9.59 Å². The number of hydrogen-bond donors (Lipinski definition) is 0. The predicted octanol–water partition coefficient (Wildman–Crippen LogP) is 1.95. The second kappa shape index (κ2) is 6.67. The van der Waals surface area contributed by atoms with Crippen molar-refractivity contribution in [3.8, 4) is 11.5 Å². The van der Waals surface area contributed by atoms with Gasteiger partial charge in [-0.05, 0) is 42.7 Å². The summed E-state index contributed by atoms with van der Waals surface area (Å²) in [7, 11) is 0. The fourth-order valence-electron chi connectivity index (χ4n) is 3.22. The number of amides is 2. The van der Waals surface area contributed by atoms with E-state index in [0.717, 1.165) is 17.5 Å². The first-order chi connectivity index (χ1) is 12.6. The first-order valence-corrected chi connectivity index (χ1v) is 8.54. The van der Waals surface area contributed by atoms with Crippen LogP contribution in [0.4, 0.5) is 0 Å². The van der Waals surface area contributed by atoms with Crippen molar-refractivity contribution >= 4 is 11.8 Å². The van der Waals surface area contributed by atoms with Gasteiger partial charge in [0.25, 0.3) is 5.91 Å². The molecule has 1 aromatic carbocycles. The monoisotopic (exact) mass is 353 g/mol. The van der Waals surface area contributed by atoms with Crippen molar-refractivity contribution in [1.82, 2.24) is 15.0 Å². The molecule has 2 aliphatic rings. The molecule has 0 saturated carbocycles. The topological polar surface area (TPSA) is 72.0 Å². The van der Waals surface area contributed by atoms with Gasteiger partial charge in [0.1, 0.15) is 0 Å².